The number of carboxylic acid groups (broad SMARTS) is 2. The predicted molar refractivity (Wildman–Crippen MR) is 281 cm³/mol. The quantitative estimate of drug-likeness (QED) is 0.0287. The van der Waals surface area contributed by atoms with Crippen molar-refractivity contribution in [1.29, 1.82) is 0 Å². The first kappa shape index (κ1) is 80.9. The van der Waals surface area contributed by atoms with E-state index in [2.05, 4.69) is 25.1 Å². The van der Waals surface area contributed by atoms with Crippen LogP contribution in [0.25, 0.3) is 0 Å². The SMILES string of the molecule is CC1O[C@@H](OCC2C(CO[C@@H]3OC(C(=O)O)=CC(O)C3O)[C@@H](OCC3C(O)[C@H](OCC4C(CO[C@@H]5OC(C)[C@@H](OS(=O)(=O)O)C(O)C5OS(=O)(=O)O)[C@H](O)C(COS(=O)(=O)O)O[C@H]4O)OC(C(=O)O)[C@H]3O)OC(COS(=O)(=O)O)[C@H]2O)C(OS(=O)(=O)O)C(O)[C@@H]1OS(=O)(=O)O. The summed E-state index contributed by atoms with van der Waals surface area (Å²) in [6, 6.07) is 0. The third-order valence-corrected chi connectivity index (χ3v) is 17.7. The fourth-order valence-electron chi connectivity index (χ4n) is 10.5. The van der Waals surface area contributed by atoms with E-state index in [1.165, 1.54) is 0 Å². The molecule has 5 saturated heterocycles. The highest BCUT2D eigenvalue weighted by Crippen LogP contribution is 2.40. The summed E-state index contributed by atoms with van der Waals surface area (Å²) in [7, 11) is -33.2. The second kappa shape index (κ2) is 32.3. The molecular weight excluding hydrogens is 1450 g/mol. The molecule has 0 amide bonds. The number of hydrogen-bond donors (Lipinski definition) is 17. The Morgan fingerprint density at radius 2 is 0.768 bits per heavy atom. The minimum Gasteiger partial charge on any atom is -0.479 e. The minimum absolute atomic E-state index is 0.532. The summed E-state index contributed by atoms with van der Waals surface area (Å²) in [6.45, 7) is -6.80. The number of rotatable bonds is 31. The van der Waals surface area contributed by atoms with Crippen LogP contribution in [0.5, 0.6) is 0 Å². The van der Waals surface area contributed by atoms with Crippen molar-refractivity contribution in [2.45, 2.75) is 155 Å². The standard InChI is InChI=1S/C41H66O48S6/c1-11-29(86-92(61,62)63)27(48)32(88-94(67,68)69)40(80-11)76-4-13-15(36(54)82-20(22(13)43)9-78-90(55,56)57)6-74-38-25(46)17(24(45)31(85-38)35(52)53)8-73-37-16(7-75-39-26(47)18(42)3-19(83-39)34(50)51)14(23(44)21(84-37)10-79-91(58,59)60)5-77-41-33(89-95(70,71)72)28(49)30(12(2)81-41)87-93(64,65)66/h3,11-18,20-33,36-49,54H,4-10H2,1-2H3,(H,50,51)(H,52,53)(H,55,56,57)(H,58,59,60)(H,61,62,63)(H,64,65,66)(H,67,68,69)(H,70,71,72)/t11?,12?,13?,14?,15?,16?,17?,18?,20?,21?,22-,23-,24-,25?,26?,27?,28?,29+,30+,31?,32?,33?,36+,37-,38+,39+,40+,41+/m0/s1. The molecule has 0 saturated carbocycles. The van der Waals surface area contributed by atoms with Crippen LogP contribution >= 0.6 is 0 Å². The van der Waals surface area contributed by atoms with Gasteiger partial charge in [0.15, 0.2) is 49.8 Å². The number of carboxylic acids is 2. The van der Waals surface area contributed by atoms with E-state index >= 15 is 0 Å². The zero-order valence-electron chi connectivity index (χ0n) is 47.9. The average molecular weight is 1520 g/mol. The lowest BCUT2D eigenvalue weighted by molar-refractivity contribution is -0.331. The highest BCUT2D eigenvalue weighted by atomic mass is 32.3. The maximum Gasteiger partial charge on any atom is 0.397 e. The van der Waals surface area contributed by atoms with Gasteiger partial charge in [-0.3, -0.25) is 27.3 Å². The Balaban J connectivity index is 1.33. The number of aliphatic hydroxyl groups is 9. The molecule has 0 aromatic rings. The Bertz CT molecular complexity index is 3340. The van der Waals surface area contributed by atoms with Crippen molar-refractivity contribution in [1.82, 2.24) is 0 Å². The van der Waals surface area contributed by atoms with Crippen molar-refractivity contribution in [3.05, 3.63) is 11.8 Å². The van der Waals surface area contributed by atoms with Crippen LogP contribution in [-0.2, 0) is 149 Å². The highest BCUT2D eigenvalue weighted by Gasteiger charge is 2.56. The molecule has 28 atom stereocenters. The molecule has 0 aromatic carbocycles. The Morgan fingerprint density at radius 3 is 1.20 bits per heavy atom. The fourth-order valence-corrected chi connectivity index (χ4v) is 13.2. The molecule has 6 heterocycles. The Morgan fingerprint density at radius 1 is 0.389 bits per heavy atom. The molecule has 0 aromatic heterocycles. The summed E-state index contributed by atoms with van der Waals surface area (Å²) in [5.41, 5.74) is 0. The third-order valence-electron chi connectivity index (χ3n) is 14.9. The lowest BCUT2D eigenvalue weighted by Crippen LogP contribution is -2.62. The van der Waals surface area contributed by atoms with Gasteiger partial charge in [-0.25, -0.2) is 34.7 Å². The topological polar surface area (TPSA) is 740 Å². The molecule has 48 nitrogen and oxygen atoms in total. The van der Waals surface area contributed by atoms with Crippen LogP contribution in [0.2, 0.25) is 0 Å². The van der Waals surface area contributed by atoms with Crippen molar-refractivity contribution in [2.75, 3.05) is 46.2 Å². The highest BCUT2D eigenvalue weighted by molar-refractivity contribution is 7.82. The molecule has 0 radical (unpaired) electrons. The maximum atomic E-state index is 12.7. The average Bonchev–Trinajstić information content (AvgIpc) is 0.793. The van der Waals surface area contributed by atoms with Crippen molar-refractivity contribution in [2.24, 2.45) is 29.6 Å². The van der Waals surface area contributed by atoms with E-state index in [0.29, 0.717) is 6.08 Å². The van der Waals surface area contributed by atoms with E-state index in [0.717, 1.165) is 13.8 Å². The first-order chi connectivity index (χ1) is 43.5. The van der Waals surface area contributed by atoms with Gasteiger partial charge in [-0.1, -0.05) is 0 Å². The summed E-state index contributed by atoms with van der Waals surface area (Å²) < 4.78 is 285. The van der Waals surface area contributed by atoms with Gasteiger partial charge >= 0.3 is 74.3 Å². The summed E-state index contributed by atoms with van der Waals surface area (Å²) in [6.07, 6.45) is -51.9. The van der Waals surface area contributed by atoms with Gasteiger partial charge in [0.2, 0.25) is 12.0 Å². The molecule has 95 heavy (non-hydrogen) atoms. The van der Waals surface area contributed by atoms with Gasteiger partial charge in [-0.15, -0.1) is 0 Å². The molecule has 5 fully saturated rings. The predicted octanol–water partition coefficient (Wildman–Crippen LogP) is -10.5. The van der Waals surface area contributed by atoms with Crippen LogP contribution < -0.4 is 0 Å². The number of ether oxygens (including phenoxy) is 11. The van der Waals surface area contributed by atoms with Crippen molar-refractivity contribution >= 4 is 74.3 Å². The van der Waals surface area contributed by atoms with Gasteiger partial charge in [0.1, 0.15) is 54.9 Å². The molecule has 0 bridgehead atoms. The largest absolute Gasteiger partial charge is 0.479 e. The van der Waals surface area contributed by atoms with E-state index in [4.69, 9.17) is 52.1 Å². The van der Waals surface area contributed by atoms with Crippen LogP contribution in [0.3, 0.4) is 0 Å². The van der Waals surface area contributed by atoms with Crippen LogP contribution in [0.4, 0.5) is 0 Å². The van der Waals surface area contributed by atoms with E-state index < -0.39 is 297 Å². The summed E-state index contributed by atoms with van der Waals surface area (Å²) in [5, 5.41) is 121. The lowest BCUT2D eigenvalue weighted by atomic mass is 9.82. The van der Waals surface area contributed by atoms with Crippen LogP contribution in [-0.4, -0.2) is 334 Å². The van der Waals surface area contributed by atoms with Gasteiger partial charge in [0.05, 0.1) is 76.8 Å². The van der Waals surface area contributed by atoms with Crippen molar-refractivity contribution < 1.29 is 221 Å². The number of hydrogen-bond acceptors (Lipinski definition) is 40. The molecule has 0 aliphatic carbocycles. The summed E-state index contributed by atoms with van der Waals surface area (Å²) >= 11 is 0. The first-order valence-corrected chi connectivity index (χ1v) is 34.9. The molecule has 0 spiro atoms. The molecule has 54 heteroatoms. The second-order valence-electron chi connectivity index (χ2n) is 21.4. The molecule has 17 unspecified atom stereocenters. The zero-order chi connectivity index (χ0) is 71.6. The molecule has 6 aliphatic rings. The molecule has 6 aliphatic heterocycles. The van der Waals surface area contributed by atoms with E-state index in [-0.39, 0.29) is 0 Å². The van der Waals surface area contributed by atoms with Gasteiger partial charge in [-0.2, -0.15) is 50.5 Å². The summed E-state index contributed by atoms with van der Waals surface area (Å²) in [5.74, 6) is -14.6. The Kier molecular flexibility index (Phi) is 27.5. The summed E-state index contributed by atoms with van der Waals surface area (Å²) in [4.78, 5) is 24.6. The second-order valence-corrected chi connectivity index (χ2v) is 27.8. The minimum atomic E-state index is -5.72. The smallest absolute Gasteiger partial charge is 0.397 e. The van der Waals surface area contributed by atoms with E-state index in [1.807, 2.05) is 0 Å². The molecule has 6 rings (SSSR count). The number of aliphatic hydroxyl groups excluding tert-OH is 9. The molecule has 17 N–H and O–H groups in total. The third kappa shape index (κ3) is 22.7. The Labute approximate surface area is 536 Å². The first-order valence-electron chi connectivity index (χ1n) is 26.7. The maximum absolute atomic E-state index is 12.7. The van der Waals surface area contributed by atoms with Crippen molar-refractivity contribution in [3.8, 4) is 0 Å². The van der Waals surface area contributed by atoms with Gasteiger partial charge in [0.25, 0.3) is 0 Å². The van der Waals surface area contributed by atoms with Crippen molar-refractivity contribution in [3.63, 3.8) is 0 Å². The molecular formula is C41H66O48S6. The van der Waals surface area contributed by atoms with Crippen LogP contribution in [0, 0.1) is 29.6 Å². The number of aliphatic carboxylic acids is 2. The number of carbonyl (C=O) groups is 2. The zero-order valence-corrected chi connectivity index (χ0v) is 52.8. The monoisotopic (exact) mass is 1520 g/mol. The van der Waals surface area contributed by atoms with E-state index in [1.54, 1.807) is 0 Å². The molecule has 554 valence electrons. The van der Waals surface area contributed by atoms with Crippen LogP contribution in [0.15, 0.2) is 11.8 Å². The Hall–Kier alpha value is -3.06. The van der Waals surface area contributed by atoms with Gasteiger partial charge < -0.3 is 108 Å². The van der Waals surface area contributed by atoms with Gasteiger partial charge in [0, 0.05) is 29.6 Å². The van der Waals surface area contributed by atoms with Gasteiger partial charge in [-0.05, 0) is 19.9 Å². The van der Waals surface area contributed by atoms with Crippen LogP contribution in [0.1, 0.15) is 13.8 Å². The normalized spacial score (nSPS) is 40.4. The lowest BCUT2D eigenvalue weighted by Gasteiger charge is -2.47. The van der Waals surface area contributed by atoms with E-state index in [9.17, 15) is 144 Å². The fraction of sp³-hybridized carbons (Fsp3) is 0.902.